The van der Waals surface area contributed by atoms with Crippen molar-refractivity contribution in [2.45, 2.75) is 25.9 Å². The Kier molecular flexibility index (Phi) is 5.84. The summed E-state index contributed by atoms with van der Waals surface area (Å²) in [5, 5.41) is 0. The van der Waals surface area contributed by atoms with Crippen LogP contribution in [-0.2, 0) is 14.3 Å². The van der Waals surface area contributed by atoms with Crippen molar-refractivity contribution in [2.24, 2.45) is 5.92 Å². The van der Waals surface area contributed by atoms with Crippen LogP contribution in [0.15, 0.2) is 24.3 Å². The van der Waals surface area contributed by atoms with Gasteiger partial charge in [-0.2, -0.15) is 0 Å². The highest BCUT2D eigenvalue weighted by atomic mass is 16.5. The van der Waals surface area contributed by atoms with Crippen molar-refractivity contribution in [1.29, 1.82) is 0 Å². The summed E-state index contributed by atoms with van der Waals surface area (Å²) in [4.78, 5) is 25.8. The summed E-state index contributed by atoms with van der Waals surface area (Å²) in [7, 11) is 2.95. The van der Waals surface area contributed by atoms with Crippen LogP contribution in [0.3, 0.4) is 0 Å². The Morgan fingerprint density at radius 2 is 1.74 bits per heavy atom. The van der Waals surface area contributed by atoms with Gasteiger partial charge in [0, 0.05) is 13.1 Å². The molecule has 2 rings (SSSR count). The van der Waals surface area contributed by atoms with Crippen molar-refractivity contribution >= 4 is 11.9 Å². The van der Waals surface area contributed by atoms with E-state index in [4.69, 9.17) is 14.2 Å². The molecule has 1 aliphatic heterocycles. The number of ether oxygens (including phenoxy) is 3. The van der Waals surface area contributed by atoms with Crippen LogP contribution in [0.2, 0.25) is 0 Å². The molecule has 1 heterocycles. The molecule has 1 amide bonds. The number of benzene rings is 1. The van der Waals surface area contributed by atoms with E-state index in [2.05, 4.69) is 0 Å². The minimum absolute atomic E-state index is 0.0841. The molecule has 6 heteroatoms. The molecule has 1 atom stereocenters. The van der Waals surface area contributed by atoms with Gasteiger partial charge >= 0.3 is 5.97 Å². The standard InChI is InChI=1S/C17H23NO5/c1-12(23-15-7-5-4-6-14(15)21-2)16(19)18-10-8-13(9-11-18)17(20)22-3/h4-7,12-13H,8-11H2,1-3H3/t12-/m0/s1. The second-order valence-electron chi connectivity index (χ2n) is 5.53. The zero-order valence-electron chi connectivity index (χ0n) is 13.8. The Morgan fingerprint density at radius 3 is 2.30 bits per heavy atom. The number of methoxy groups -OCH3 is 2. The number of likely N-dealkylation sites (tertiary alicyclic amines) is 1. The van der Waals surface area contributed by atoms with Gasteiger partial charge in [0.25, 0.3) is 5.91 Å². The average molecular weight is 321 g/mol. The van der Waals surface area contributed by atoms with Crippen molar-refractivity contribution in [1.82, 2.24) is 4.90 Å². The predicted molar refractivity (Wildman–Crippen MR) is 84.4 cm³/mol. The Bertz CT molecular complexity index is 552. The topological polar surface area (TPSA) is 65.1 Å². The first-order chi connectivity index (χ1) is 11.1. The fraction of sp³-hybridized carbons (Fsp3) is 0.529. The quantitative estimate of drug-likeness (QED) is 0.775. The fourth-order valence-corrected chi connectivity index (χ4v) is 2.72. The normalized spacial score (nSPS) is 16.6. The van der Waals surface area contributed by atoms with Crippen LogP contribution in [0.25, 0.3) is 0 Å². The summed E-state index contributed by atoms with van der Waals surface area (Å²) in [5.74, 6) is 0.737. The van der Waals surface area contributed by atoms with E-state index < -0.39 is 6.10 Å². The smallest absolute Gasteiger partial charge is 0.308 e. The molecule has 0 spiro atoms. The molecule has 1 saturated heterocycles. The fourth-order valence-electron chi connectivity index (χ4n) is 2.72. The lowest BCUT2D eigenvalue weighted by atomic mass is 9.97. The van der Waals surface area contributed by atoms with Crippen molar-refractivity contribution < 1.29 is 23.8 Å². The Morgan fingerprint density at radius 1 is 1.13 bits per heavy atom. The van der Waals surface area contributed by atoms with Gasteiger partial charge in [-0.3, -0.25) is 9.59 Å². The van der Waals surface area contributed by atoms with E-state index >= 15 is 0 Å². The van der Waals surface area contributed by atoms with Crippen molar-refractivity contribution in [3.05, 3.63) is 24.3 Å². The number of carbonyl (C=O) groups excluding carboxylic acids is 2. The summed E-state index contributed by atoms with van der Waals surface area (Å²) in [6, 6.07) is 7.23. The van der Waals surface area contributed by atoms with Crippen molar-refractivity contribution in [2.75, 3.05) is 27.3 Å². The van der Waals surface area contributed by atoms with Gasteiger partial charge in [0.2, 0.25) is 0 Å². The second-order valence-corrected chi connectivity index (χ2v) is 5.53. The maximum absolute atomic E-state index is 12.5. The van der Waals surface area contributed by atoms with Gasteiger partial charge in [-0.25, -0.2) is 0 Å². The number of para-hydroxylation sites is 2. The highest BCUT2D eigenvalue weighted by Gasteiger charge is 2.30. The third kappa shape index (κ3) is 4.15. The molecular weight excluding hydrogens is 298 g/mol. The van der Waals surface area contributed by atoms with Gasteiger partial charge in [0.05, 0.1) is 20.1 Å². The zero-order valence-corrected chi connectivity index (χ0v) is 13.8. The van der Waals surface area contributed by atoms with E-state index in [1.54, 1.807) is 31.1 Å². The minimum atomic E-state index is -0.610. The van der Waals surface area contributed by atoms with E-state index in [0.717, 1.165) is 0 Å². The van der Waals surface area contributed by atoms with Crippen LogP contribution in [-0.4, -0.2) is 50.2 Å². The molecule has 0 aromatic heterocycles. The van der Waals surface area contributed by atoms with Crippen molar-refractivity contribution in [3.63, 3.8) is 0 Å². The number of piperidine rings is 1. The van der Waals surface area contributed by atoms with Crippen LogP contribution in [0.4, 0.5) is 0 Å². The predicted octanol–water partition coefficient (Wildman–Crippen LogP) is 1.87. The first kappa shape index (κ1) is 17.1. The number of hydrogen-bond acceptors (Lipinski definition) is 5. The summed E-state index contributed by atoms with van der Waals surface area (Å²) in [5.41, 5.74) is 0. The van der Waals surface area contributed by atoms with Crippen LogP contribution in [0, 0.1) is 5.92 Å². The third-order valence-corrected chi connectivity index (χ3v) is 4.06. The Labute approximate surface area is 136 Å². The van der Waals surface area contributed by atoms with E-state index in [1.165, 1.54) is 7.11 Å². The maximum Gasteiger partial charge on any atom is 0.308 e. The molecule has 0 saturated carbocycles. The molecule has 126 valence electrons. The van der Waals surface area contributed by atoms with Gasteiger partial charge in [-0.1, -0.05) is 12.1 Å². The summed E-state index contributed by atoms with van der Waals surface area (Å²) in [6.07, 6.45) is 0.639. The number of esters is 1. The molecule has 1 aliphatic rings. The van der Waals surface area contributed by atoms with Crippen LogP contribution in [0.1, 0.15) is 19.8 Å². The molecule has 23 heavy (non-hydrogen) atoms. The molecule has 1 aromatic carbocycles. The second kappa shape index (κ2) is 7.85. The Balaban J connectivity index is 1.92. The van der Waals surface area contributed by atoms with Gasteiger partial charge in [0.15, 0.2) is 17.6 Å². The van der Waals surface area contributed by atoms with E-state index in [0.29, 0.717) is 37.4 Å². The molecule has 6 nitrogen and oxygen atoms in total. The van der Waals surface area contributed by atoms with E-state index in [-0.39, 0.29) is 17.8 Å². The molecule has 1 fully saturated rings. The third-order valence-electron chi connectivity index (χ3n) is 4.06. The molecule has 0 bridgehead atoms. The SMILES string of the molecule is COC(=O)C1CCN(C(=O)[C@H](C)Oc2ccccc2OC)CC1. The van der Waals surface area contributed by atoms with Crippen molar-refractivity contribution in [3.8, 4) is 11.5 Å². The first-order valence-electron chi connectivity index (χ1n) is 7.73. The molecule has 0 unspecified atom stereocenters. The number of nitrogens with zero attached hydrogens (tertiary/aromatic N) is 1. The van der Waals surface area contributed by atoms with Crippen LogP contribution >= 0.6 is 0 Å². The van der Waals surface area contributed by atoms with Gasteiger partial charge in [-0.05, 0) is 31.9 Å². The van der Waals surface area contributed by atoms with E-state index in [9.17, 15) is 9.59 Å². The first-order valence-corrected chi connectivity index (χ1v) is 7.73. The summed E-state index contributed by atoms with van der Waals surface area (Å²) < 4.78 is 15.7. The lowest BCUT2D eigenvalue weighted by molar-refractivity contribution is -0.150. The number of hydrogen-bond donors (Lipinski definition) is 0. The van der Waals surface area contributed by atoms with E-state index in [1.807, 2.05) is 12.1 Å². The number of amides is 1. The molecule has 0 aliphatic carbocycles. The van der Waals surface area contributed by atoms with Gasteiger partial charge in [-0.15, -0.1) is 0 Å². The average Bonchev–Trinajstić information content (AvgIpc) is 2.61. The monoisotopic (exact) mass is 321 g/mol. The van der Waals surface area contributed by atoms with Crippen LogP contribution < -0.4 is 9.47 Å². The highest BCUT2D eigenvalue weighted by Crippen LogP contribution is 2.27. The number of carbonyl (C=O) groups is 2. The molecule has 0 N–H and O–H groups in total. The molecule has 1 aromatic rings. The zero-order chi connectivity index (χ0) is 16.8. The Hall–Kier alpha value is -2.24. The maximum atomic E-state index is 12.5. The molecule has 0 radical (unpaired) electrons. The number of rotatable bonds is 5. The largest absolute Gasteiger partial charge is 0.493 e. The summed E-state index contributed by atoms with van der Waals surface area (Å²) >= 11 is 0. The van der Waals surface area contributed by atoms with Gasteiger partial charge in [0.1, 0.15) is 0 Å². The summed E-state index contributed by atoms with van der Waals surface area (Å²) in [6.45, 7) is 2.80. The molecular formula is C17H23NO5. The lowest BCUT2D eigenvalue weighted by Crippen LogP contribution is -2.45. The van der Waals surface area contributed by atoms with Gasteiger partial charge < -0.3 is 19.1 Å². The lowest BCUT2D eigenvalue weighted by Gasteiger charge is -2.32. The highest BCUT2D eigenvalue weighted by molar-refractivity contribution is 5.81. The van der Waals surface area contributed by atoms with Crippen LogP contribution in [0.5, 0.6) is 11.5 Å². The minimum Gasteiger partial charge on any atom is -0.493 e.